The maximum atomic E-state index is 4.06. The van der Waals surface area contributed by atoms with Crippen molar-refractivity contribution in [1.29, 1.82) is 0 Å². The van der Waals surface area contributed by atoms with Gasteiger partial charge in [0.15, 0.2) is 0 Å². The topological polar surface area (TPSA) is 17.8 Å². The van der Waals surface area contributed by atoms with Gasteiger partial charge in [0.25, 0.3) is 0 Å². The Kier molecular flexibility index (Phi) is 3.15. The third-order valence-electron chi connectivity index (χ3n) is 1.98. The standard InChI is InChI=1S/C9H15IN2/c1-8(10)6-9(2,3)12-5-4-11-7-12/h4-5,7-8H,6H2,1-3H3. The van der Waals surface area contributed by atoms with Gasteiger partial charge in [0, 0.05) is 21.9 Å². The van der Waals surface area contributed by atoms with Gasteiger partial charge in [0.1, 0.15) is 0 Å². The molecule has 0 bridgehead atoms. The van der Waals surface area contributed by atoms with E-state index in [0.717, 1.165) is 0 Å². The van der Waals surface area contributed by atoms with Crippen LogP contribution in [-0.2, 0) is 5.54 Å². The second-order valence-electron chi connectivity index (χ2n) is 3.77. The highest BCUT2D eigenvalue weighted by molar-refractivity contribution is 14.1. The first-order valence-electron chi connectivity index (χ1n) is 4.15. The number of hydrogen-bond donors (Lipinski definition) is 0. The first kappa shape index (κ1) is 10.0. The fraction of sp³-hybridized carbons (Fsp3) is 0.667. The second kappa shape index (κ2) is 3.77. The normalized spacial score (nSPS) is 14.7. The molecule has 0 spiro atoms. The Balaban J connectivity index is 2.72. The Bertz CT molecular complexity index is 227. The Morgan fingerprint density at radius 1 is 1.58 bits per heavy atom. The molecule has 1 heterocycles. The maximum Gasteiger partial charge on any atom is 0.0950 e. The van der Waals surface area contributed by atoms with Gasteiger partial charge in [-0.3, -0.25) is 0 Å². The molecule has 68 valence electrons. The summed E-state index contributed by atoms with van der Waals surface area (Å²) < 4.78 is 2.86. The van der Waals surface area contributed by atoms with Crippen LogP contribution in [0.1, 0.15) is 27.2 Å². The first-order chi connectivity index (χ1) is 5.52. The van der Waals surface area contributed by atoms with Crippen LogP contribution in [0.5, 0.6) is 0 Å². The minimum absolute atomic E-state index is 0.192. The monoisotopic (exact) mass is 278 g/mol. The minimum Gasteiger partial charge on any atom is -0.332 e. The highest BCUT2D eigenvalue weighted by Gasteiger charge is 2.20. The van der Waals surface area contributed by atoms with Gasteiger partial charge in [-0.15, -0.1) is 0 Å². The van der Waals surface area contributed by atoms with Gasteiger partial charge in [-0.25, -0.2) is 4.98 Å². The molecular weight excluding hydrogens is 263 g/mol. The molecule has 12 heavy (non-hydrogen) atoms. The molecule has 0 aliphatic carbocycles. The van der Waals surface area contributed by atoms with Crippen molar-refractivity contribution < 1.29 is 0 Å². The summed E-state index contributed by atoms with van der Waals surface area (Å²) in [6.45, 7) is 6.72. The number of alkyl halides is 1. The molecule has 0 aliphatic rings. The number of hydrogen-bond acceptors (Lipinski definition) is 1. The molecule has 0 saturated carbocycles. The van der Waals surface area contributed by atoms with Crippen molar-refractivity contribution in [3.05, 3.63) is 18.7 Å². The third-order valence-corrected chi connectivity index (χ3v) is 2.42. The molecule has 0 aromatic carbocycles. The van der Waals surface area contributed by atoms with Crippen LogP contribution in [0.15, 0.2) is 18.7 Å². The van der Waals surface area contributed by atoms with Gasteiger partial charge < -0.3 is 4.57 Å². The summed E-state index contributed by atoms with van der Waals surface area (Å²) in [7, 11) is 0. The van der Waals surface area contributed by atoms with Crippen molar-refractivity contribution in [3.8, 4) is 0 Å². The van der Waals surface area contributed by atoms with Crippen LogP contribution in [0.25, 0.3) is 0 Å². The van der Waals surface area contributed by atoms with Crippen molar-refractivity contribution in [2.24, 2.45) is 0 Å². The molecule has 1 rings (SSSR count). The average Bonchev–Trinajstić information content (AvgIpc) is 2.32. The van der Waals surface area contributed by atoms with E-state index in [4.69, 9.17) is 0 Å². The van der Waals surface area contributed by atoms with Crippen molar-refractivity contribution >= 4 is 22.6 Å². The average molecular weight is 278 g/mol. The van der Waals surface area contributed by atoms with Gasteiger partial charge in [-0.2, -0.15) is 0 Å². The smallest absolute Gasteiger partial charge is 0.0950 e. The molecule has 0 N–H and O–H groups in total. The molecule has 1 aromatic heterocycles. The molecule has 2 nitrogen and oxygen atoms in total. The van der Waals surface area contributed by atoms with Gasteiger partial charge in [-0.1, -0.05) is 29.5 Å². The molecule has 1 aromatic rings. The highest BCUT2D eigenvalue weighted by Crippen LogP contribution is 2.24. The van der Waals surface area contributed by atoms with Crippen LogP contribution in [-0.4, -0.2) is 13.5 Å². The van der Waals surface area contributed by atoms with Crippen LogP contribution in [0.3, 0.4) is 0 Å². The molecule has 0 saturated heterocycles. The van der Waals surface area contributed by atoms with Crippen molar-refractivity contribution in [2.75, 3.05) is 0 Å². The van der Waals surface area contributed by atoms with Crippen molar-refractivity contribution in [3.63, 3.8) is 0 Å². The van der Waals surface area contributed by atoms with Gasteiger partial charge in [0.2, 0.25) is 0 Å². The summed E-state index contributed by atoms with van der Waals surface area (Å²) in [6.07, 6.45) is 6.92. The number of aromatic nitrogens is 2. The van der Waals surface area contributed by atoms with Gasteiger partial charge in [-0.05, 0) is 20.3 Å². The summed E-state index contributed by atoms with van der Waals surface area (Å²) in [6, 6.07) is 0. The first-order valence-corrected chi connectivity index (χ1v) is 5.39. The SMILES string of the molecule is CC(I)CC(C)(C)n1ccnc1. The molecule has 3 heteroatoms. The highest BCUT2D eigenvalue weighted by atomic mass is 127. The van der Waals surface area contributed by atoms with Gasteiger partial charge in [0.05, 0.1) is 6.33 Å². The lowest BCUT2D eigenvalue weighted by molar-refractivity contribution is 0.331. The molecule has 1 atom stereocenters. The van der Waals surface area contributed by atoms with E-state index in [0.29, 0.717) is 3.92 Å². The third kappa shape index (κ3) is 2.47. The quantitative estimate of drug-likeness (QED) is 0.614. The molecule has 0 aliphatic heterocycles. The van der Waals surface area contributed by atoms with Gasteiger partial charge >= 0.3 is 0 Å². The summed E-state index contributed by atoms with van der Waals surface area (Å²) in [4.78, 5) is 4.06. The zero-order valence-corrected chi connectivity index (χ0v) is 9.95. The molecule has 1 unspecified atom stereocenters. The maximum absolute atomic E-state index is 4.06. The van der Waals surface area contributed by atoms with Crippen molar-refractivity contribution in [1.82, 2.24) is 9.55 Å². The molecule has 0 amide bonds. The lowest BCUT2D eigenvalue weighted by Gasteiger charge is -2.27. The molecular formula is C9H15IN2. The molecule has 0 radical (unpaired) electrons. The second-order valence-corrected chi connectivity index (χ2v) is 5.89. The van der Waals surface area contributed by atoms with E-state index < -0.39 is 0 Å². The fourth-order valence-electron chi connectivity index (χ4n) is 1.41. The minimum atomic E-state index is 0.192. The van der Waals surface area contributed by atoms with Crippen LogP contribution in [0, 0.1) is 0 Å². The Morgan fingerprint density at radius 3 is 2.67 bits per heavy atom. The summed E-state index contributed by atoms with van der Waals surface area (Å²) >= 11 is 2.46. The zero-order chi connectivity index (χ0) is 9.19. The van der Waals surface area contributed by atoms with E-state index in [9.17, 15) is 0 Å². The van der Waals surface area contributed by atoms with E-state index in [2.05, 4.69) is 52.9 Å². The summed E-state index contributed by atoms with van der Waals surface area (Å²) in [5, 5.41) is 0. The van der Waals surface area contributed by atoms with Crippen LogP contribution >= 0.6 is 22.6 Å². The lowest BCUT2D eigenvalue weighted by Crippen LogP contribution is -2.27. The summed E-state index contributed by atoms with van der Waals surface area (Å²) in [5.41, 5.74) is 0.192. The Labute approximate surface area is 87.5 Å². The zero-order valence-electron chi connectivity index (χ0n) is 7.79. The number of rotatable bonds is 3. The van der Waals surface area contributed by atoms with E-state index in [1.165, 1.54) is 6.42 Å². The largest absolute Gasteiger partial charge is 0.332 e. The summed E-state index contributed by atoms with van der Waals surface area (Å²) in [5.74, 6) is 0. The number of nitrogens with zero attached hydrogens (tertiary/aromatic N) is 2. The Hall–Kier alpha value is -0.0600. The van der Waals surface area contributed by atoms with Crippen LogP contribution in [0.2, 0.25) is 0 Å². The van der Waals surface area contributed by atoms with E-state index in [-0.39, 0.29) is 5.54 Å². The van der Waals surface area contributed by atoms with Crippen LogP contribution < -0.4 is 0 Å². The van der Waals surface area contributed by atoms with E-state index in [1.807, 2.05) is 18.7 Å². The number of halogens is 1. The van der Waals surface area contributed by atoms with Crippen molar-refractivity contribution in [2.45, 2.75) is 36.7 Å². The predicted octanol–water partition coefficient (Wildman–Crippen LogP) is 2.83. The Morgan fingerprint density at radius 2 is 2.25 bits per heavy atom. The molecule has 0 fully saturated rings. The van der Waals surface area contributed by atoms with Crippen LogP contribution in [0.4, 0.5) is 0 Å². The lowest BCUT2D eigenvalue weighted by atomic mass is 9.99. The van der Waals surface area contributed by atoms with E-state index in [1.54, 1.807) is 0 Å². The predicted molar refractivity (Wildman–Crippen MR) is 59.6 cm³/mol. The fourth-order valence-corrected chi connectivity index (χ4v) is 2.49. The van der Waals surface area contributed by atoms with E-state index >= 15 is 0 Å². The number of imidazole rings is 1.